The van der Waals surface area contributed by atoms with Crippen molar-refractivity contribution < 1.29 is 4.74 Å². The molecule has 90 valence electrons. The van der Waals surface area contributed by atoms with Crippen LogP contribution in [0.15, 0.2) is 28.7 Å². The number of benzene rings is 1. The molecule has 0 amide bonds. The van der Waals surface area contributed by atoms with Crippen LogP contribution in [0.4, 0.5) is 0 Å². The Labute approximate surface area is 114 Å². The zero-order chi connectivity index (χ0) is 11.8. The Bertz CT molecular complexity index is 290. The average Bonchev–Trinajstić information content (AvgIpc) is 2.27. The first-order valence-electron chi connectivity index (χ1n) is 5.40. The first-order chi connectivity index (χ1) is 7.72. The number of rotatable bonds is 7. The van der Waals surface area contributed by atoms with Crippen LogP contribution in [0.5, 0.6) is 5.75 Å². The Kier molecular flexibility index (Phi) is 7.08. The van der Waals surface area contributed by atoms with Gasteiger partial charge in [-0.1, -0.05) is 31.9 Å². The molecule has 0 aliphatic rings. The van der Waals surface area contributed by atoms with Crippen LogP contribution >= 0.6 is 31.9 Å². The third kappa shape index (κ3) is 5.87. The summed E-state index contributed by atoms with van der Waals surface area (Å²) in [6.07, 6.45) is 1.14. The van der Waals surface area contributed by atoms with Crippen molar-refractivity contribution in [2.75, 3.05) is 18.5 Å². The molecule has 1 aromatic rings. The second-order valence-electron chi connectivity index (χ2n) is 3.64. The minimum absolute atomic E-state index is 0.535. The molecule has 1 rings (SSSR count). The van der Waals surface area contributed by atoms with E-state index >= 15 is 0 Å². The largest absolute Gasteiger partial charge is 0.492 e. The molecule has 1 atom stereocenters. The van der Waals surface area contributed by atoms with Gasteiger partial charge in [-0.3, -0.25) is 0 Å². The topological polar surface area (TPSA) is 21.3 Å². The number of hydrogen-bond donors (Lipinski definition) is 1. The fourth-order valence-corrected chi connectivity index (χ4v) is 2.22. The van der Waals surface area contributed by atoms with Crippen molar-refractivity contribution in [3.8, 4) is 5.75 Å². The van der Waals surface area contributed by atoms with E-state index in [4.69, 9.17) is 4.74 Å². The summed E-state index contributed by atoms with van der Waals surface area (Å²) in [6.45, 7) is 3.76. The fraction of sp³-hybridized carbons (Fsp3) is 0.500. The van der Waals surface area contributed by atoms with Crippen LogP contribution in [0.2, 0.25) is 0 Å². The van der Waals surface area contributed by atoms with Crippen molar-refractivity contribution in [1.29, 1.82) is 0 Å². The van der Waals surface area contributed by atoms with Crippen molar-refractivity contribution in [3.63, 3.8) is 0 Å². The normalized spacial score (nSPS) is 12.4. The van der Waals surface area contributed by atoms with E-state index in [1.807, 2.05) is 24.3 Å². The first kappa shape index (κ1) is 14.0. The molecule has 1 unspecified atom stereocenters. The van der Waals surface area contributed by atoms with E-state index in [0.717, 1.165) is 28.5 Å². The number of hydrogen-bond acceptors (Lipinski definition) is 2. The van der Waals surface area contributed by atoms with Crippen molar-refractivity contribution >= 4 is 31.9 Å². The maximum Gasteiger partial charge on any atom is 0.119 e. The Morgan fingerprint density at radius 3 is 2.62 bits per heavy atom. The van der Waals surface area contributed by atoms with Crippen molar-refractivity contribution in [3.05, 3.63) is 28.7 Å². The lowest BCUT2D eigenvalue weighted by molar-refractivity contribution is 0.306. The van der Waals surface area contributed by atoms with Gasteiger partial charge >= 0.3 is 0 Å². The van der Waals surface area contributed by atoms with E-state index in [0.29, 0.717) is 12.6 Å². The van der Waals surface area contributed by atoms with Gasteiger partial charge in [-0.2, -0.15) is 0 Å². The van der Waals surface area contributed by atoms with E-state index in [2.05, 4.69) is 44.1 Å². The van der Waals surface area contributed by atoms with E-state index in [1.54, 1.807) is 0 Å². The van der Waals surface area contributed by atoms with Gasteiger partial charge in [0.25, 0.3) is 0 Å². The van der Waals surface area contributed by atoms with Gasteiger partial charge in [0, 0.05) is 22.4 Å². The fourth-order valence-electron chi connectivity index (χ4n) is 1.27. The third-order valence-corrected chi connectivity index (χ3v) is 3.21. The second kappa shape index (κ2) is 8.09. The van der Waals surface area contributed by atoms with Crippen LogP contribution in [-0.2, 0) is 0 Å². The Balaban J connectivity index is 2.13. The molecule has 0 saturated carbocycles. The van der Waals surface area contributed by atoms with Gasteiger partial charge in [-0.25, -0.2) is 0 Å². The summed E-state index contributed by atoms with van der Waals surface area (Å²) in [4.78, 5) is 0. The number of halogens is 2. The van der Waals surface area contributed by atoms with Gasteiger partial charge in [0.1, 0.15) is 12.4 Å². The second-order valence-corrected chi connectivity index (χ2v) is 5.34. The van der Waals surface area contributed by atoms with Crippen LogP contribution in [-0.4, -0.2) is 24.5 Å². The van der Waals surface area contributed by atoms with Crippen molar-refractivity contribution in [1.82, 2.24) is 5.32 Å². The van der Waals surface area contributed by atoms with Gasteiger partial charge in [-0.15, -0.1) is 0 Å². The molecule has 0 saturated heterocycles. The highest BCUT2D eigenvalue weighted by Crippen LogP contribution is 2.15. The smallest absolute Gasteiger partial charge is 0.119 e. The van der Waals surface area contributed by atoms with E-state index in [-0.39, 0.29) is 0 Å². The summed E-state index contributed by atoms with van der Waals surface area (Å²) in [7, 11) is 0. The predicted molar refractivity (Wildman–Crippen MR) is 75.5 cm³/mol. The standard InChI is InChI=1S/C12H17Br2NO/c1-10(6-7-13)15-8-9-16-12-4-2-11(14)3-5-12/h2-5,10,15H,6-9H2,1H3. The highest BCUT2D eigenvalue weighted by molar-refractivity contribution is 9.10. The molecular weight excluding hydrogens is 334 g/mol. The highest BCUT2D eigenvalue weighted by atomic mass is 79.9. The van der Waals surface area contributed by atoms with Gasteiger partial charge < -0.3 is 10.1 Å². The molecule has 16 heavy (non-hydrogen) atoms. The molecule has 0 aliphatic heterocycles. The zero-order valence-corrected chi connectivity index (χ0v) is 12.6. The molecule has 0 aliphatic carbocycles. The monoisotopic (exact) mass is 349 g/mol. The lowest BCUT2D eigenvalue weighted by Crippen LogP contribution is -2.30. The molecule has 0 bridgehead atoms. The summed E-state index contributed by atoms with van der Waals surface area (Å²) in [5, 5.41) is 4.44. The van der Waals surface area contributed by atoms with Gasteiger partial charge in [-0.05, 0) is 37.6 Å². The van der Waals surface area contributed by atoms with Crippen LogP contribution < -0.4 is 10.1 Å². The van der Waals surface area contributed by atoms with Crippen molar-refractivity contribution in [2.24, 2.45) is 0 Å². The summed E-state index contributed by atoms with van der Waals surface area (Å²) < 4.78 is 6.67. The van der Waals surface area contributed by atoms with Gasteiger partial charge in [0.05, 0.1) is 0 Å². The quantitative estimate of drug-likeness (QED) is 0.599. The minimum atomic E-state index is 0.535. The summed E-state index contributed by atoms with van der Waals surface area (Å²) >= 11 is 6.82. The van der Waals surface area contributed by atoms with E-state index < -0.39 is 0 Å². The number of alkyl halides is 1. The molecule has 4 heteroatoms. The molecule has 1 aromatic carbocycles. The Morgan fingerprint density at radius 2 is 2.00 bits per heavy atom. The number of ether oxygens (including phenoxy) is 1. The molecule has 0 aromatic heterocycles. The Morgan fingerprint density at radius 1 is 1.31 bits per heavy atom. The lowest BCUT2D eigenvalue weighted by atomic mass is 10.3. The first-order valence-corrected chi connectivity index (χ1v) is 7.31. The van der Waals surface area contributed by atoms with Crippen LogP contribution in [0.1, 0.15) is 13.3 Å². The maximum atomic E-state index is 5.59. The van der Waals surface area contributed by atoms with Gasteiger partial charge in [0.15, 0.2) is 0 Å². The zero-order valence-electron chi connectivity index (χ0n) is 9.38. The maximum absolute atomic E-state index is 5.59. The predicted octanol–water partition coefficient (Wildman–Crippen LogP) is 3.59. The summed E-state index contributed by atoms with van der Waals surface area (Å²) in [5.41, 5.74) is 0. The SMILES string of the molecule is CC(CCBr)NCCOc1ccc(Br)cc1. The highest BCUT2D eigenvalue weighted by Gasteiger charge is 1.99. The van der Waals surface area contributed by atoms with Crippen LogP contribution in [0.25, 0.3) is 0 Å². The minimum Gasteiger partial charge on any atom is -0.492 e. The molecular formula is C12H17Br2NO. The van der Waals surface area contributed by atoms with Crippen LogP contribution in [0, 0.1) is 0 Å². The molecule has 0 spiro atoms. The molecule has 0 heterocycles. The van der Waals surface area contributed by atoms with Crippen molar-refractivity contribution in [2.45, 2.75) is 19.4 Å². The summed E-state index contributed by atoms with van der Waals surface area (Å²) in [5.74, 6) is 0.915. The molecule has 1 N–H and O–H groups in total. The number of nitrogens with one attached hydrogen (secondary N) is 1. The Hall–Kier alpha value is -0.0600. The average molecular weight is 351 g/mol. The lowest BCUT2D eigenvalue weighted by Gasteiger charge is -2.12. The molecule has 0 fully saturated rings. The van der Waals surface area contributed by atoms with Crippen LogP contribution in [0.3, 0.4) is 0 Å². The molecule has 2 nitrogen and oxygen atoms in total. The van der Waals surface area contributed by atoms with E-state index in [1.165, 1.54) is 0 Å². The van der Waals surface area contributed by atoms with Gasteiger partial charge in [0.2, 0.25) is 0 Å². The third-order valence-electron chi connectivity index (χ3n) is 2.22. The summed E-state index contributed by atoms with van der Waals surface area (Å²) in [6, 6.07) is 8.43. The van der Waals surface area contributed by atoms with E-state index in [9.17, 15) is 0 Å². The molecule has 0 radical (unpaired) electrons.